The highest BCUT2D eigenvalue weighted by Crippen LogP contribution is 2.14. The van der Waals surface area contributed by atoms with E-state index in [1.165, 1.54) is 0 Å². The molecular formula is C15H23N3O3S. The van der Waals surface area contributed by atoms with E-state index in [9.17, 15) is 13.2 Å². The van der Waals surface area contributed by atoms with Crippen molar-refractivity contribution >= 4 is 15.9 Å². The monoisotopic (exact) mass is 325 g/mol. The Kier molecular flexibility index (Phi) is 5.90. The van der Waals surface area contributed by atoms with Gasteiger partial charge in [-0.3, -0.25) is 9.78 Å². The van der Waals surface area contributed by atoms with Gasteiger partial charge in [0.1, 0.15) is 5.69 Å². The number of carbonyl (C=O) groups excluding carboxylic acids is 1. The molecule has 1 aromatic rings. The standard InChI is InChI=1S/C15H23N3O3S/c1-2-3-12-22(20,21)17-13-7-10-18(11-8-13)15(19)14-6-4-5-9-16-14/h4-6,9,13,17H,2-3,7-8,10-12H2,1H3. The quantitative estimate of drug-likeness (QED) is 0.857. The van der Waals surface area contributed by atoms with Crippen molar-refractivity contribution in [2.45, 2.75) is 38.6 Å². The van der Waals surface area contributed by atoms with Gasteiger partial charge in [-0.2, -0.15) is 0 Å². The van der Waals surface area contributed by atoms with Crippen molar-refractivity contribution < 1.29 is 13.2 Å². The number of unbranched alkanes of at least 4 members (excludes halogenated alkanes) is 1. The molecule has 0 bridgehead atoms. The largest absolute Gasteiger partial charge is 0.337 e. The fourth-order valence-electron chi connectivity index (χ4n) is 2.50. The number of likely N-dealkylation sites (tertiary alicyclic amines) is 1. The molecular weight excluding hydrogens is 302 g/mol. The molecule has 1 N–H and O–H groups in total. The third-order valence-corrected chi connectivity index (χ3v) is 5.30. The molecule has 0 radical (unpaired) electrons. The van der Waals surface area contributed by atoms with E-state index >= 15 is 0 Å². The summed E-state index contributed by atoms with van der Waals surface area (Å²) in [5.74, 6) is 0.0872. The van der Waals surface area contributed by atoms with Crippen LogP contribution in [0.15, 0.2) is 24.4 Å². The van der Waals surface area contributed by atoms with Gasteiger partial charge in [-0.25, -0.2) is 13.1 Å². The van der Waals surface area contributed by atoms with Gasteiger partial charge in [-0.15, -0.1) is 0 Å². The van der Waals surface area contributed by atoms with Crippen LogP contribution in [0.5, 0.6) is 0 Å². The van der Waals surface area contributed by atoms with Crippen LogP contribution in [0.2, 0.25) is 0 Å². The number of aromatic nitrogens is 1. The molecule has 1 aliphatic rings. The van der Waals surface area contributed by atoms with Crippen LogP contribution in [0, 0.1) is 0 Å². The lowest BCUT2D eigenvalue weighted by Gasteiger charge is -2.32. The van der Waals surface area contributed by atoms with E-state index < -0.39 is 10.0 Å². The van der Waals surface area contributed by atoms with Gasteiger partial charge in [0.15, 0.2) is 0 Å². The maximum Gasteiger partial charge on any atom is 0.272 e. The molecule has 0 saturated carbocycles. The third-order valence-electron chi connectivity index (χ3n) is 3.78. The molecule has 1 amide bonds. The summed E-state index contributed by atoms with van der Waals surface area (Å²) < 4.78 is 26.5. The zero-order valence-electron chi connectivity index (χ0n) is 12.9. The highest BCUT2D eigenvalue weighted by atomic mass is 32.2. The van der Waals surface area contributed by atoms with Crippen LogP contribution in [-0.2, 0) is 10.0 Å². The Morgan fingerprint density at radius 1 is 1.36 bits per heavy atom. The van der Waals surface area contributed by atoms with Gasteiger partial charge >= 0.3 is 0 Å². The third kappa shape index (κ3) is 4.78. The van der Waals surface area contributed by atoms with Crippen molar-refractivity contribution in [1.29, 1.82) is 0 Å². The first-order valence-corrected chi connectivity index (χ1v) is 9.37. The van der Waals surface area contributed by atoms with Crippen LogP contribution in [0.3, 0.4) is 0 Å². The molecule has 0 unspecified atom stereocenters. The second-order valence-corrected chi connectivity index (χ2v) is 7.45. The maximum absolute atomic E-state index is 12.3. The fourth-order valence-corrected chi connectivity index (χ4v) is 4.03. The highest BCUT2D eigenvalue weighted by molar-refractivity contribution is 7.89. The first-order chi connectivity index (χ1) is 10.5. The molecule has 22 heavy (non-hydrogen) atoms. The van der Waals surface area contributed by atoms with Crippen LogP contribution in [0.1, 0.15) is 43.1 Å². The number of hydrogen-bond donors (Lipinski definition) is 1. The number of hydrogen-bond acceptors (Lipinski definition) is 4. The normalized spacial score (nSPS) is 16.7. The number of nitrogens with zero attached hydrogens (tertiary/aromatic N) is 2. The Hall–Kier alpha value is -1.47. The smallest absolute Gasteiger partial charge is 0.272 e. The van der Waals surface area contributed by atoms with E-state index in [0.29, 0.717) is 38.0 Å². The Morgan fingerprint density at radius 2 is 2.09 bits per heavy atom. The maximum atomic E-state index is 12.3. The fraction of sp³-hybridized carbons (Fsp3) is 0.600. The SMILES string of the molecule is CCCCS(=O)(=O)NC1CCN(C(=O)c2ccccn2)CC1. The van der Waals surface area contributed by atoms with Crippen LogP contribution in [-0.4, -0.2) is 49.1 Å². The molecule has 1 aliphatic heterocycles. The molecule has 0 aliphatic carbocycles. The summed E-state index contributed by atoms with van der Waals surface area (Å²) in [6.45, 7) is 3.07. The summed E-state index contributed by atoms with van der Waals surface area (Å²) in [7, 11) is -3.20. The van der Waals surface area contributed by atoms with Crippen molar-refractivity contribution in [3.05, 3.63) is 30.1 Å². The van der Waals surface area contributed by atoms with Crippen LogP contribution < -0.4 is 4.72 Å². The molecule has 1 saturated heterocycles. The molecule has 6 nitrogen and oxygen atoms in total. The first-order valence-electron chi connectivity index (χ1n) is 7.72. The average Bonchev–Trinajstić information content (AvgIpc) is 2.53. The van der Waals surface area contributed by atoms with Gasteiger partial charge in [-0.1, -0.05) is 19.4 Å². The number of sulfonamides is 1. The summed E-state index contributed by atoms with van der Waals surface area (Å²) in [5.41, 5.74) is 0.435. The minimum Gasteiger partial charge on any atom is -0.337 e. The zero-order valence-corrected chi connectivity index (χ0v) is 13.7. The summed E-state index contributed by atoms with van der Waals surface area (Å²) in [6.07, 6.45) is 4.42. The van der Waals surface area contributed by atoms with E-state index in [4.69, 9.17) is 0 Å². The Morgan fingerprint density at radius 3 is 2.68 bits per heavy atom. The number of carbonyl (C=O) groups is 1. The Labute approximate surface area is 132 Å². The Bertz CT molecular complexity index is 581. The molecule has 0 aromatic carbocycles. The molecule has 7 heteroatoms. The van der Waals surface area contributed by atoms with Gasteiger partial charge in [0.25, 0.3) is 5.91 Å². The van der Waals surface area contributed by atoms with E-state index in [1.54, 1.807) is 29.3 Å². The lowest BCUT2D eigenvalue weighted by atomic mass is 10.1. The summed E-state index contributed by atoms with van der Waals surface area (Å²) in [6, 6.07) is 5.18. The van der Waals surface area contributed by atoms with E-state index in [2.05, 4.69) is 9.71 Å². The van der Waals surface area contributed by atoms with Gasteiger partial charge in [0.05, 0.1) is 5.75 Å². The van der Waals surface area contributed by atoms with Crippen molar-refractivity contribution in [2.75, 3.05) is 18.8 Å². The van der Waals surface area contributed by atoms with Crippen molar-refractivity contribution in [2.24, 2.45) is 0 Å². The van der Waals surface area contributed by atoms with Crippen LogP contribution >= 0.6 is 0 Å². The highest BCUT2D eigenvalue weighted by Gasteiger charge is 2.26. The van der Waals surface area contributed by atoms with E-state index in [1.807, 2.05) is 6.92 Å². The molecule has 2 heterocycles. The first kappa shape index (κ1) is 16.9. The number of rotatable bonds is 6. The topological polar surface area (TPSA) is 79.4 Å². The lowest BCUT2D eigenvalue weighted by Crippen LogP contribution is -2.47. The summed E-state index contributed by atoms with van der Waals surface area (Å²) in [5, 5.41) is 0. The Balaban J connectivity index is 1.84. The second kappa shape index (κ2) is 7.69. The second-order valence-electron chi connectivity index (χ2n) is 5.57. The van der Waals surface area contributed by atoms with Crippen LogP contribution in [0.25, 0.3) is 0 Å². The zero-order chi connectivity index (χ0) is 16.0. The number of nitrogens with one attached hydrogen (secondary N) is 1. The molecule has 1 fully saturated rings. The van der Waals surface area contributed by atoms with Crippen LogP contribution in [0.4, 0.5) is 0 Å². The molecule has 0 atom stereocenters. The molecule has 0 spiro atoms. The van der Waals surface area contributed by atoms with Crippen molar-refractivity contribution in [3.63, 3.8) is 0 Å². The molecule has 2 rings (SSSR count). The predicted octanol–water partition coefficient (Wildman–Crippen LogP) is 1.41. The van der Waals surface area contributed by atoms with Crippen molar-refractivity contribution in [3.8, 4) is 0 Å². The minimum atomic E-state index is -3.20. The predicted molar refractivity (Wildman–Crippen MR) is 85.0 cm³/mol. The van der Waals surface area contributed by atoms with Gasteiger partial charge in [0.2, 0.25) is 10.0 Å². The number of pyridine rings is 1. The number of piperidine rings is 1. The average molecular weight is 325 g/mol. The molecule has 122 valence electrons. The lowest BCUT2D eigenvalue weighted by molar-refractivity contribution is 0.0705. The van der Waals surface area contributed by atoms with Gasteiger partial charge in [-0.05, 0) is 31.4 Å². The van der Waals surface area contributed by atoms with E-state index in [-0.39, 0.29) is 17.7 Å². The van der Waals surface area contributed by atoms with Crippen molar-refractivity contribution in [1.82, 2.24) is 14.6 Å². The summed E-state index contributed by atoms with van der Waals surface area (Å²) in [4.78, 5) is 18.1. The molecule has 1 aromatic heterocycles. The van der Waals surface area contributed by atoms with Gasteiger partial charge < -0.3 is 4.90 Å². The number of amides is 1. The van der Waals surface area contributed by atoms with Gasteiger partial charge in [0, 0.05) is 25.3 Å². The summed E-state index contributed by atoms with van der Waals surface area (Å²) >= 11 is 0. The minimum absolute atomic E-state index is 0.0744. The van der Waals surface area contributed by atoms with E-state index in [0.717, 1.165) is 6.42 Å².